The van der Waals surface area contributed by atoms with Crippen LogP contribution in [-0.2, 0) is 0 Å². The molecule has 0 spiro atoms. The molecule has 5 N–H and O–H groups in total. The molecule has 0 atom stereocenters. The molecule has 180 valence electrons. The summed E-state index contributed by atoms with van der Waals surface area (Å²) in [5.41, 5.74) is 7.24. The summed E-state index contributed by atoms with van der Waals surface area (Å²) in [7, 11) is 0. The molecular formula is C23H23BrFN9O. The molecule has 0 radical (unpaired) electrons. The first kappa shape index (κ1) is 23.1. The third-order valence-electron chi connectivity index (χ3n) is 5.82. The molecule has 10 nitrogen and oxygen atoms in total. The number of hydrogen-bond donors (Lipinski definition) is 4. The Hall–Kier alpha value is -3.64. The maximum absolute atomic E-state index is 14.0. The van der Waals surface area contributed by atoms with Crippen molar-refractivity contribution in [1.82, 2.24) is 24.6 Å². The highest BCUT2D eigenvalue weighted by molar-refractivity contribution is 9.10. The molecule has 1 aliphatic carbocycles. The summed E-state index contributed by atoms with van der Waals surface area (Å²) in [4.78, 5) is 25.6. The molecule has 12 heteroatoms. The standard InChI is InChI=1S/C23H23BrFN9O/c24-19-2-1-3-20(32-19)30-17-10-21(29-14-6-4-13(26)5-7-14)33-34-18(12-28-22(17)34)23(35)31-16-8-9-27-11-15(16)25/h1-3,8-14H,4-7,26H2,(H,29,33)(H,30,32)(H,27,31,35). The maximum Gasteiger partial charge on any atom is 0.276 e. The second kappa shape index (κ2) is 9.92. The number of carbonyl (C=O) groups excluding carboxylic acids is 1. The quantitative estimate of drug-likeness (QED) is 0.269. The number of anilines is 4. The zero-order valence-electron chi connectivity index (χ0n) is 18.6. The van der Waals surface area contributed by atoms with Crippen molar-refractivity contribution in [1.29, 1.82) is 0 Å². The van der Waals surface area contributed by atoms with Crippen LogP contribution in [0.3, 0.4) is 0 Å². The van der Waals surface area contributed by atoms with E-state index in [9.17, 15) is 9.18 Å². The highest BCUT2D eigenvalue weighted by atomic mass is 79.9. The van der Waals surface area contributed by atoms with Gasteiger partial charge in [0, 0.05) is 24.3 Å². The molecule has 0 unspecified atom stereocenters. The first-order valence-electron chi connectivity index (χ1n) is 11.2. The van der Waals surface area contributed by atoms with Gasteiger partial charge in [-0.25, -0.2) is 18.9 Å². The molecule has 4 heterocycles. The van der Waals surface area contributed by atoms with E-state index in [-0.39, 0.29) is 23.5 Å². The molecule has 5 rings (SSSR count). The fourth-order valence-corrected chi connectivity index (χ4v) is 4.38. The number of imidazole rings is 1. The van der Waals surface area contributed by atoms with Crippen molar-refractivity contribution in [2.24, 2.45) is 5.73 Å². The number of pyridine rings is 2. The summed E-state index contributed by atoms with van der Waals surface area (Å²) in [6.07, 6.45) is 7.56. The van der Waals surface area contributed by atoms with Crippen molar-refractivity contribution in [3.05, 3.63) is 65.0 Å². The van der Waals surface area contributed by atoms with Crippen LogP contribution in [0.25, 0.3) is 5.65 Å². The van der Waals surface area contributed by atoms with E-state index in [4.69, 9.17) is 5.73 Å². The van der Waals surface area contributed by atoms with Crippen molar-refractivity contribution in [2.75, 3.05) is 16.0 Å². The van der Waals surface area contributed by atoms with Crippen molar-refractivity contribution < 1.29 is 9.18 Å². The number of hydrogen-bond acceptors (Lipinski definition) is 8. The normalized spacial score (nSPS) is 17.8. The van der Waals surface area contributed by atoms with E-state index < -0.39 is 11.7 Å². The molecule has 4 aromatic heterocycles. The Kier molecular flexibility index (Phi) is 6.55. The summed E-state index contributed by atoms with van der Waals surface area (Å²) in [6.45, 7) is 0. The number of nitrogens with two attached hydrogens (primary N) is 1. The highest BCUT2D eigenvalue weighted by Crippen LogP contribution is 2.27. The average molecular weight is 540 g/mol. The predicted octanol–water partition coefficient (Wildman–Crippen LogP) is 4.10. The molecule has 1 fully saturated rings. The Bertz CT molecular complexity index is 1370. The van der Waals surface area contributed by atoms with Crippen LogP contribution < -0.4 is 21.7 Å². The zero-order valence-corrected chi connectivity index (χ0v) is 20.2. The first-order valence-corrected chi connectivity index (χ1v) is 12.0. The maximum atomic E-state index is 14.0. The number of nitrogens with zero attached hydrogens (tertiary/aromatic N) is 5. The minimum atomic E-state index is -0.636. The van der Waals surface area contributed by atoms with Crippen LogP contribution in [0.1, 0.15) is 36.2 Å². The van der Waals surface area contributed by atoms with Gasteiger partial charge in [-0.3, -0.25) is 9.78 Å². The molecular weight excluding hydrogens is 517 g/mol. The topological polar surface area (TPSA) is 135 Å². The Morgan fingerprint density at radius 3 is 2.71 bits per heavy atom. The summed E-state index contributed by atoms with van der Waals surface area (Å²) < 4.78 is 16.2. The summed E-state index contributed by atoms with van der Waals surface area (Å²) in [5, 5.41) is 13.9. The van der Waals surface area contributed by atoms with Gasteiger partial charge < -0.3 is 21.7 Å². The third-order valence-corrected chi connectivity index (χ3v) is 6.26. The van der Waals surface area contributed by atoms with Crippen LogP contribution in [-0.4, -0.2) is 42.6 Å². The van der Waals surface area contributed by atoms with Crippen LogP contribution in [0.5, 0.6) is 0 Å². The second-order valence-corrected chi connectivity index (χ2v) is 9.17. The number of amides is 1. The van der Waals surface area contributed by atoms with Gasteiger partial charge >= 0.3 is 0 Å². The molecule has 1 saturated carbocycles. The lowest BCUT2D eigenvalue weighted by molar-refractivity contribution is 0.102. The molecule has 0 aliphatic heterocycles. The van der Waals surface area contributed by atoms with Crippen LogP contribution in [0.2, 0.25) is 0 Å². The van der Waals surface area contributed by atoms with Crippen molar-refractivity contribution in [2.45, 2.75) is 37.8 Å². The molecule has 0 saturated heterocycles. The first-order chi connectivity index (χ1) is 17.0. The minimum Gasteiger partial charge on any atom is -0.366 e. The fraction of sp³-hybridized carbons (Fsp3) is 0.261. The molecule has 0 bridgehead atoms. The lowest BCUT2D eigenvalue weighted by atomic mass is 9.92. The van der Waals surface area contributed by atoms with Crippen LogP contribution in [0.4, 0.5) is 27.4 Å². The van der Waals surface area contributed by atoms with Crippen molar-refractivity contribution >= 4 is 50.5 Å². The SMILES string of the molecule is NC1CCC(Nc2cc(Nc3cccc(Br)n3)c3ncc(C(=O)Nc4ccncc4F)n3n2)CC1. The number of nitrogens with one attached hydrogen (secondary N) is 3. The van der Waals surface area contributed by atoms with Gasteiger partial charge in [0.15, 0.2) is 17.2 Å². The predicted molar refractivity (Wildman–Crippen MR) is 134 cm³/mol. The Morgan fingerprint density at radius 2 is 1.94 bits per heavy atom. The van der Waals surface area contributed by atoms with Gasteiger partial charge in [-0.2, -0.15) is 0 Å². The number of carbonyl (C=O) groups is 1. The number of halogens is 2. The monoisotopic (exact) mass is 539 g/mol. The van der Waals surface area contributed by atoms with Crippen LogP contribution >= 0.6 is 15.9 Å². The second-order valence-electron chi connectivity index (χ2n) is 8.36. The van der Waals surface area contributed by atoms with E-state index in [0.717, 1.165) is 31.9 Å². The Balaban J connectivity index is 1.51. The van der Waals surface area contributed by atoms with Gasteiger partial charge in [0.25, 0.3) is 5.91 Å². The van der Waals surface area contributed by atoms with E-state index in [1.54, 1.807) is 0 Å². The van der Waals surface area contributed by atoms with E-state index in [2.05, 4.69) is 51.9 Å². The number of aromatic nitrogens is 5. The number of rotatable bonds is 6. The number of fused-ring (bicyclic) bond motifs is 1. The van der Waals surface area contributed by atoms with Crippen LogP contribution in [0, 0.1) is 5.82 Å². The molecule has 4 aromatic rings. The lowest BCUT2D eigenvalue weighted by Gasteiger charge is -2.27. The molecule has 35 heavy (non-hydrogen) atoms. The van der Waals surface area contributed by atoms with E-state index >= 15 is 0 Å². The summed E-state index contributed by atoms with van der Waals surface area (Å²) in [5.74, 6) is -0.0291. The van der Waals surface area contributed by atoms with Gasteiger partial charge in [0.1, 0.15) is 16.2 Å². The third kappa shape index (κ3) is 5.23. The molecule has 1 amide bonds. The van der Waals surface area contributed by atoms with Crippen LogP contribution in [0.15, 0.2) is 53.5 Å². The summed E-state index contributed by atoms with van der Waals surface area (Å²) >= 11 is 3.38. The smallest absolute Gasteiger partial charge is 0.276 e. The molecule has 1 aliphatic rings. The molecule has 0 aromatic carbocycles. The highest BCUT2D eigenvalue weighted by Gasteiger charge is 2.22. The van der Waals surface area contributed by atoms with E-state index in [1.165, 1.54) is 23.0 Å². The van der Waals surface area contributed by atoms with E-state index in [1.807, 2.05) is 24.3 Å². The van der Waals surface area contributed by atoms with Crippen molar-refractivity contribution in [3.63, 3.8) is 0 Å². The largest absolute Gasteiger partial charge is 0.366 e. The van der Waals surface area contributed by atoms with Crippen molar-refractivity contribution in [3.8, 4) is 0 Å². The van der Waals surface area contributed by atoms with Gasteiger partial charge in [0.2, 0.25) is 0 Å². The van der Waals surface area contributed by atoms with Gasteiger partial charge in [0.05, 0.1) is 23.8 Å². The Morgan fingerprint density at radius 1 is 1.11 bits per heavy atom. The Labute approximate surface area is 208 Å². The van der Waals surface area contributed by atoms with E-state index in [0.29, 0.717) is 27.6 Å². The van der Waals surface area contributed by atoms with Gasteiger partial charge in [-0.1, -0.05) is 6.07 Å². The fourth-order valence-electron chi connectivity index (χ4n) is 4.04. The average Bonchev–Trinajstić information content (AvgIpc) is 3.27. The summed E-state index contributed by atoms with van der Waals surface area (Å²) in [6, 6.07) is 9.16. The zero-order chi connectivity index (χ0) is 24.4. The lowest BCUT2D eigenvalue weighted by Crippen LogP contribution is -2.33. The minimum absolute atomic E-state index is 0.0180. The van der Waals surface area contributed by atoms with Gasteiger partial charge in [-0.05, 0) is 59.8 Å². The van der Waals surface area contributed by atoms with Gasteiger partial charge in [-0.15, -0.1) is 5.10 Å².